The predicted octanol–water partition coefficient (Wildman–Crippen LogP) is 5.80. The maximum absolute atomic E-state index is 5.95. The molecule has 0 atom stereocenters. The first-order valence-electron chi connectivity index (χ1n) is 7.85. The maximum atomic E-state index is 5.95. The largest absolute Gasteiger partial charge is 0.478 e. The van der Waals surface area contributed by atoms with Gasteiger partial charge in [0.25, 0.3) is 0 Å². The fourth-order valence-corrected chi connectivity index (χ4v) is 5.48. The summed E-state index contributed by atoms with van der Waals surface area (Å²) in [5.41, 5.74) is 0.138. The highest BCUT2D eigenvalue weighted by molar-refractivity contribution is 14.1. The second-order valence-electron chi connectivity index (χ2n) is 6.58. The van der Waals surface area contributed by atoms with Crippen LogP contribution in [0.4, 0.5) is 0 Å². The highest BCUT2D eigenvalue weighted by Gasteiger charge is 2.40. The first-order chi connectivity index (χ1) is 9.49. The van der Waals surface area contributed by atoms with E-state index >= 15 is 0 Å². The molecule has 0 spiro atoms. The van der Waals surface area contributed by atoms with Crippen LogP contribution in [0.5, 0.6) is 0 Å². The van der Waals surface area contributed by atoms with E-state index < -0.39 is 0 Å². The lowest BCUT2D eigenvalue weighted by molar-refractivity contribution is 0.249. The molecule has 1 aliphatic heterocycles. The standard InChI is InChI=1S/C16H29I2NO/c1-4-5-6-7-8-9-10-16(11-17,12-18)14-19-15(2,3)13-20-14/h4-13H2,1-3H3. The topological polar surface area (TPSA) is 21.6 Å². The molecule has 118 valence electrons. The quantitative estimate of drug-likeness (QED) is 0.209. The molecule has 1 heterocycles. The van der Waals surface area contributed by atoms with Gasteiger partial charge < -0.3 is 4.74 Å². The SMILES string of the molecule is CCCCCCCCC(CI)(CI)C1=NC(C)(C)CO1. The Kier molecular flexibility index (Phi) is 8.69. The zero-order chi connectivity index (χ0) is 15.1. The normalized spacial score (nSPS) is 17.9. The van der Waals surface area contributed by atoms with E-state index in [-0.39, 0.29) is 11.0 Å². The zero-order valence-electron chi connectivity index (χ0n) is 13.2. The monoisotopic (exact) mass is 505 g/mol. The Morgan fingerprint density at radius 1 is 1.10 bits per heavy atom. The third kappa shape index (κ3) is 5.61. The van der Waals surface area contributed by atoms with Gasteiger partial charge in [0.15, 0.2) is 5.90 Å². The summed E-state index contributed by atoms with van der Waals surface area (Å²) in [5.74, 6) is 1.03. The number of hydrogen-bond donors (Lipinski definition) is 0. The van der Waals surface area contributed by atoms with Crippen molar-refractivity contribution in [2.75, 3.05) is 15.5 Å². The van der Waals surface area contributed by atoms with Crippen LogP contribution in [0, 0.1) is 5.41 Å². The van der Waals surface area contributed by atoms with Crippen molar-refractivity contribution >= 4 is 51.1 Å². The molecule has 0 aliphatic carbocycles. The number of hydrogen-bond acceptors (Lipinski definition) is 2. The fourth-order valence-electron chi connectivity index (χ4n) is 2.49. The lowest BCUT2D eigenvalue weighted by Gasteiger charge is -2.29. The molecule has 0 aromatic rings. The van der Waals surface area contributed by atoms with Crippen molar-refractivity contribution in [2.45, 2.75) is 71.3 Å². The van der Waals surface area contributed by atoms with Gasteiger partial charge in [-0.05, 0) is 20.3 Å². The summed E-state index contributed by atoms with van der Waals surface area (Å²) in [6.07, 6.45) is 9.36. The van der Waals surface area contributed by atoms with Crippen molar-refractivity contribution in [3.05, 3.63) is 0 Å². The van der Waals surface area contributed by atoms with Crippen LogP contribution < -0.4 is 0 Å². The lowest BCUT2D eigenvalue weighted by atomic mass is 9.86. The van der Waals surface area contributed by atoms with Gasteiger partial charge in [-0.1, -0.05) is 90.6 Å². The van der Waals surface area contributed by atoms with E-state index in [1.165, 1.54) is 44.9 Å². The molecule has 1 aliphatic rings. The van der Waals surface area contributed by atoms with Gasteiger partial charge >= 0.3 is 0 Å². The Morgan fingerprint density at radius 3 is 2.20 bits per heavy atom. The molecular formula is C16H29I2NO. The van der Waals surface area contributed by atoms with Crippen LogP contribution in [-0.2, 0) is 4.74 Å². The average molecular weight is 505 g/mol. The van der Waals surface area contributed by atoms with Gasteiger partial charge in [0.1, 0.15) is 6.61 Å². The van der Waals surface area contributed by atoms with Gasteiger partial charge in [-0.2, -0.15) is 0 Å². The Labute approximate surface area is 152 Å². The van der Waals surface area contributed by atoms with E-state index in [1.807, 2.05) is 0 Å². The van der Waals surface area contributed by atoms with Crippen LogP contribution in [0.15, 0.2) is 4.99 Å². The fraction of sp³-hybridized carbons (Fsp3) is 0.938. The molecule has 0 saturated heterocycles. The summed E-state index contributed by atoms with van der Waals surface area (Å²) < 4.78 is 8.17. The Balaban J connectivity index is 2.51. The number of ether oxygens (including phenoxy) is 1. The van der Waals surface area contributed by atoms with E-state index in [0.29, 0.717) is 0 Å². The molecule has 20 heavy (non-hydrogen) atoms. The minimum atomic E-state index is -0.0284. The van der Waals surface area contributed by atoms with Gasteiger partial charge in [-0.3, -0.25) is 0 Å². The number of halogens is 2. The molecule has 0 amide bonds. The third-order valence-corrected chi connectivity index (χ3v) is 6.86. The van der Waals surface area contributed by atoms with Gasteiger partial charge in [-0.15, -0.1) is 0 Å². The highest BCUT2D eigenvalue weighted by Crippen LogP contribution is 2.36. The van der Waals surface area contributed by atoms with Crippen LogP contribution >= 0.6 is 45.2 Å². The molecule has 0 radical (unpaired) electrons. The maximum Gasteiger partial charge on any atom is 0.191 e. The molecule has 4 heteroatoms. The summed E-state index contributed by atoms with van der Waals surface area (Å²) in [4.78, 5) is 4.85. The first kappa shape index (κ1) is 19.0. The number of nitrogens with zero attached hydrogens (tertiary/aromatic N) is 1. The smallest absolute Gasteiger partial charge is 0.191 e. The molecule has 0 aromatic heterocycles. The van der Waals surface area contributed by atoms with Gasteiger partial charge in [0.05, 0.1) is 11.0 Å². The van der Waals surface area contributed by atoms with Crippen molar-refractivity contribution in [2.24, 2.45) is 10.4 Å². The Hall–Kier alpha value is 0.930. The van der Waals surface area contributed by atoms with Crippen LogP contribution in [0.25, 0.3) is 0 Å². The number of unbranched alkanes of at least 4 members (excludes halogenated alkanes) is 5. The summed E-state index contributed by atoms with van der Waals surface area (Å²) in [6.45, 7) is 7.34. The van der Waals surface area contributed by atoms with E-state index in [2.05, 4.69) is 66.0 Å². The molecule has 0 bridgehead atoms. The van der Waals surface area contributed by atoms with E-state index in [0.717, 1.165) is 21.4 Å². The number of alkyl halides is 2. The van der Waals surface area contributed by atoms with Crippen molar-refractivity contribution in [1.82, 2.24) is 0 Å². The predicted molar refractivity (Wildman–Crippen MR) is 106 cm³/mol. The molecule has 0 unspecified atom stereocenters. The molecule has 0 aromatic carbocycles. The van der Waals surface area contributed by atoms with E-state index in [4.69, 9.17) is 9.73 Å². The first-order valence-corrected chi connectivity index (χ1v) is 10.9. The number of rotatable bonds is 10. The Morgan fingerprint density at radius 2 is 1.70 bits per heavy atom. The minimum Gasteiger partial charge on any atom is -0.478 e. The second-order valence-corrected chi connectivity index (χ2v) is 8.11. The van der Waals surface area contributed by atoms with Crippen LogP contribution in [-0.4, -0.2) is 26.9 Å². The molecule has 1 rings (SSSR count). The zero-order valence-corrected chi connectivity index (χ0v) is 17.5. The van der Waals surface area contributed by atoms with Crippen LogP contribution in [0.1, 0.15) is 65.7 Å². The molecule has 0 saturated carbocycles. The van der Waals surface area contributed by atoms with Crippen molar-refractivity contribution < 1.29 is 4.74 Å². The molecule has 0 fully saturated rings. The highest BCUT2D eigenvalue weighted by atomic mass is 127. The second kappa shape index (κ2) is 9.16. The van der Waals surface area contributed by atoms with Gasteiger partial charge in [0, 0.05) is 8.86 Å². The van der Waals surface area contributed by atoms with Crippen molar-refractivity contribution in [3.8, 4) is 0 Å². The van der Waals surface area contributed by atoms with Crippen LogP contribution in [0.3, 0.4) is 0 Å². The minimum absolute atomic E-state index is 0.0284. The third-order valence-electron chi connectivity index (χ3n) is 3.94. The van der Waals surface area contributed by atoms with Gasteiger partial charge in [-0.25, -0.2) is 4.99 Å². The van der Waals surface area contributed by atoms with E-state index in [9.17, 15) is 0 Å². The summed E-state index contributed by atoms with van der Waals surface area (Å²) in [7, 11) is 0. The summed E-state index contributed by atoms with van der Waals surface area (Å²) in [6, 6.07) is 0. The molecule has 0 N–H and O–H groups in total. The summed E-state index contributed by atoms with van der Waals surface area (Å²) >= 11 is 5.03. The van der Waals surface area contributed by atoms with E-state index in [1.54, 1.807) is 0 Å². The van der Waals surface area contributed by atoms with Crippen LogP contribution in [0.2, 0.25) is 0 Å². The lowest BCUT2D eigenvalue weighted by Crippen LogP contribution is -2.35. The molecular weight excluding hydrogens is 476 g/mol. The van der Waals surface area contributed by atoms with Crippen molar-refractivity contribution in [3.63, 3.8) is 0 Å². The average Bonchev–Trinajstić information content (AvgIpc) is 2.79. The van der Waals surface area contributed by atoms with Gasteiger partial charge in [0.2, 0.25) is 0 Å². The van der Waals surface area contributed by atoms with Crippen molar-refractivity contribution in [1.29, 1.82) is 0 Å². The molecule has 2 nitrogen and oxygen atoms in total. The Bertz CT molecular complexity index is 312. The summed E-state index contributed by atoms with van der Waals surface area (Å²) in [5, 5.41) is 0. The number of aliphatic imine (C=N–C) groups is 1.